The van der Waals surface area contributed by atoms with Crippen molar-refractivity contribution >= 4 is 29.9 Å². The summed E-state index contributed by atoms with van der Waals surface area (Å²) >= 11 is 0. The van der Waals surface area contributed by atoms with E-state index in [2.05, 4.69) is 133 Å². The van der Waals surface area contributed by atoms with Crippen LogP contribution in [0.25, 0.3) is 18.2 Å². The van der Waals surface area contributed by atoms with Gasteiger partial charge in [0.2, 0.25) is 0 Å². The molecule has 0 bridgehead atoms. The van der Waals surface area contributed by atoms with Crippen molar-refractivity contribution in [3.8, 4) is 0 Å². The molecule has 4 nitrogen and oxygen atoms in total. The SMILES string of the molecule is C1=CCCC(C2N=C(c3ccccc3)NC(C3C=Cc4c(oc5c4C=CC(c4ccc(C6CC=Cc7ccccc76)cc4)C5)C3)=N2)=C1. The van der Waals surface area contributed by atoms with E-state index in [0.717, 1.165) is 60.9 Å². The summed E-state index contributed by atoms with van der Waals surface area (Å²) in [5.41, 5.74) is 10.3. The van der Waals surface area contributed by atoms with Crippen LogP contribution in [0.4, 0.5) is 0 Å². The van der Waals surface area contributed by atoms with Crippen molar-refractivity contribution in [2.75, 3.05) is 0 Å². The van der Waals surface area contributed by atoms with Crippen molar-refractivity contribution in [1.29, 1.82) is 0 Å². The van der Waals surface area contributed by atoms with E-state index in [4.69, 9.17) is 14.4 Å². The number of aliphatic imine (C=N–C) groups is 2. The van der Waals surface area contributed by atoms with Crippen LogP contribution in [0.5, 0.6) is 0 Å². The first-order valence-electron chi connectivity index (χ1n) is 17.0. The molecule has 1 N–H and O–H groups in total. The fourth-order valence-electron chi connectivity index (χ4n) is 7.74. The molecule has 0 fully saturated rings. The summed E-state index contributed by atoms with van der Waals surface area (Å²) < 4.78 is 6.67. The summed E-state index contributed by atoms with van der Waals surface area (Å²) in [5.74, 6) is 4.80. The van der Waals surface area contributed by atoms with Crippen LogP contribution in [0.15, 0.2) is 135 Å². The minimum absolute atomic E-state index is 0.0960. The standard InChI is InChI=1S/C43H37N3O/c1-3-11-31(12-4-1)41-44-42(32-13-5-2-6-14-32)46-43(45-41)34-23-25-38-37-24-22-33(26-39(37)47-40(38)27-34)28-18-20-30(21-19-28)36-17-9-15-29-10-7-8-16-35(29)36/h1-5,7-13,15-16,18-25,33-34,36,42H,6,14,17,26-27H2,(H,44,45,46). The number of rotatable bonds is 5. The van der Waals surface area contributed by atoms with Gasteiger partial charge in [-0.3, -0.25) is 0 Å². The molecule has 0 spiro atoms. The maximum Gasteiger partial charge on any atom is 0.165 e. The fraction of sp³-hybridized carbons (Fsp3) is 0.209. The van der Waals surface area contributed by atoms with Crippen molar-refractivity contribution < 1.29 is 4.42 Å². The number of allylic oxidation sites excluding steroid dienone is 5. The molecule has 230 valence electrons. The molecular formula is C43H37N3O. The zero-order valence-electron chi connectivity index (χ0n) is 26.3. The van der Waals surface area contributed by atoms with Crippen LogP contribution in [0.3, 0.4) is 0 Å². The zero-order valence-corrected chi connectivity index (χ0v) is 26.3. The van der Waals surface area contributed by atoms with E-state index in [-0.39, 0.29) is 12.1 Å². The number of furan rings is 1. The number of nitrogens with one attached hydrogen (secondary N) is 1. The first-order chi connectivity index (χ1) is 23.3. The van der Waals surface area contributed by atoms with Crippen LogP contribution in [-0.2, 0) is 12.8 Å². The van der Waals surface area contributed by atoms with Crippen molar-refractivity contribution in [2.24, 2.45) is 15.9 Å². The molecule has 3 aromatic carbocycles. The Morgan fingerprint density at radius 1 is 0.702 bits per heavy atom. The molecule has 1 aliphatic heterocycles. The van der Waals surface area contributed by atoms with E-state index < -0.39 is 0 Å². The summed E-state index contributed by atoms with van der Waals surface area (Å²) in [7, 11) is 0. The van der Waals surface area contributed by atoms with Gasteiger partial charge in [-0.25, -0.2) is 9.98 Å². The van der Waals surface area contributed by atoms with Gasteiger partial charge in [-0.05, 0) is 47.1 Å². The third-order valence-electron chi connectivity index (χ3n) is 10.3. The van der Waals surface area contributed by atoms with Crippen LogP contribution in [0.1, 0.15) is 81.6 Å². The molecule has 4 unspecified atom stereocenters. The lowest BCUT2D eigenvalue weighted by molar-refractivity contribution is 0.447. The van der Waals surface area contributed by atoms with Gasteiger partial charge in [0.25, 0.3) is 0 Å². The summed E-state index contributed by atoms with van der Waals surface area (Å²) in [6.45, 7) is 0. The third kappa shape index (κ3) is 5.28. The van der Waals surface area contributed by atoms with E-state index in [9.17, 15) is 0 Å². The van der Waals surface area contributed by atoms with Crippen LogP contribution >= 0.6 is 0 Å². The van der Waals surface area contributed by atoms with Crippen LogP contribution < -0.4 is 5.32 Å². The molecule has 9 rings (SSSR count). The van der Waals surface area contributed by atoms with E-state index in [1.54, 1.807) is 0 Å². The number of nitrogens with zero attached hydrogens (tertiary/aromatic N) is 2. The molecule has 0 amide bonds. The molecular weight excluding hydrogens is 574 g/mol. The predicted molar refractivity (Wildman–Crippen MR) is 193 cm³/mol. The highest BCUT2D eigenvalue weighted by atomic mass is 16.3. The number of hydrogen-bond donors (Lipinski definition) is 1. The average Bonchev–Trinajstić information content (AvgIpc) is 3.52. The topological polar surface area (TPSA) is 49.9 Å². The molecule has 47 heavy (non-hydrogen) atoms. The van der Waals surface area contributed by atoms with Crippen molar-refractivity contribution in [1.82, 2.24) is 5.32 Å². The fourth-order valence-corrected chi connectivity index (χ4v) is 7.74. The van der Waals surface area contributed by atoms with Gasteiger partial charge in [-0.15, -0.1) is 0 Å². The van der Waals surface area contributed by atoms with Gasteiger partial charge in [0.15, 0.2) is 6.17 Å². The highest BCUT2D eigenvalue weighted by molar-refractivity contribution is 6.12. The molecule has 1 aromatic heterocycles. The summed E-state index contributed by atoms with van der Waals surface area (Å²) in [5, 5.41) is 3.61. The van der Waals surface area contributed by atoms with Crippen molar-refractivity contribution in [3.05, 3.63) is 171 Å². The summed E-state index contributed by atoms with van der Waals surface area (Å²) in [6, 6.07) is 28.5. The number of benzene rings is 3. The van der Waals surface area contributed by atoms with Crippen molar-refractivity contribution in [2.45, 2.75) is 50.1 Å². The normalized spacial score (nSPS) is 24.0. The predicted octanol–water partition coefficient (Wildman–Crippen LogP) is 9.42. The second kappa shape index (κ2) is 11.9. The van der Waals surface area contributed by atoms with Crippen molar-refractivity contribution in [3.63, 3.8) is 0 Å². The smallest absolute Gasteiger partial charge is 0.165 e. The first-order valence-corrected chi connectivity index (χ1v) is 17.0. The zero-order chi connectivity index (χ0) is 31.2. The minimum Gasteiger partial charge on any atom is -0.465 e. The lowest BCUT2D eigenvalue weighted by Crippen LogP contribution is -2.42. The van der Waals surface area contributed by atoms with E-state index in [1.807, 2.05) is 6.07 Å². The molecule has 2 heterocycles. The van der Waals surface area contributed by atoms with Gasteiger partial charge < -0.3 is 9.73 Å². The van der Waals surface area contributed by atoms with E-state index in [0.29, 0.717) is 11.8 Å². The van der Waals surface area contributed by atoms with Crippen LogP contribution in [0.2, 0.25) is 0 Å². The van der Waals surface area contributed by atoms with Gasteiger partial charge in [0.1, 0.15) is 23.2 Å². The molecule has 5 aliphatic rings. The Balaban J connectivity index is 0.938. The monoisotopic (exact) mass is 611 g/mol. The number of fused-ring (bicyclic) bond motifs is 4. The Morgan fingerprint density at radius 2 is 1.45 bits per heavy atom. The molecule has 4 atom stereocenters. The Hall–Kier alpha value is -5.22. The highest BCUT2D eigenvalue weighted by Gasteiger charge is 2.31. The lowest BCUT2D eigenvalue weighted by atomic mass is 9.81. The van der Waals surface area contributed by atoms with Gasteiger partial charge >= 0.3 is 0 Å². The van der Waals surface area contributed by atoms with E-state index in [1.165, 1.54) is 39.0 Å². The number of amidine groups is 2. The molecule has 0 saturated heterocycles. The Bertz CT molecular complexity index is 2050. The third-order valence-corrected chi connectivity index (χ3v) is 10.3. The Labute approximate surface area is 276 Å². The second-order valence-corrected chi connectivity index (χ2v) is 13.2. The quantitative estimate of drug-likeness (QED) is 0.244. The van der Waals surface area contributed by atoms with Gasteiger partial charge in [0.05, 0.1) is 0 Å². The Kier molecular flexibility index (Phi) is 7.07. The van der Waals surface area contributed by atoms with Crippen LogP contribution in [-0.4, -0.2) is 17.8 Å². The highest BCUT2D eigenvalue weighted by Crippen LogP contribution is 2.40. The number of hydrogen-bond acceptors (Lipinski definition) is 4. The van der Waals surface area contributed by atoms with Gasteiger partial charge in [-0.1, -0.05) is 134 Å². The molecule has 4 aromatic rings. The maximum absolute atomic E-state index is 6.67. The lowest BCUT2D eigenvalue weighted by Gasteiger charge is -2.28. The van der Waals surface area contributed by atoms with Gasteiger partial charge in [-0.2, -0.15) is 0 Å². The molecule has 0 saturated carbocycles. The van der Waals surface area contributed by atoms with Crippen LogP contribution in [0, 0.1) is 5.92 Å². The summed E-state index contributed by atoms with van der Waals surface area (Å²) in [4.78, 5) is 10.2. The van der Waals surface area contributed by atoms with E-state index >= 15 is 0 Å². The molecule has 0 radical (unpaired) electrons. The first kappa shape index (κ1) is 28.0. The molecule has 4 heteroatoms. The summed E-state index contributed by atoms with van der Waals surface area (Å²) in [6.07, 6.45) is 24.8. The average molecular weight is 612 g/mol. The van der Waals surface area contributed by atoms with Gasteiger partial charge in [0, 0.05) is 47.3 Å². The molecule has 4 aliphatic carbocycles. The Morgan fingerprint density at radius 3 is 2.26 bits per heavy atom. The second-order valence-electron chi connectivity index (χ2n) is 13.2. The maximum atomic E-state index is 6.67. The minimum atomic E-state index is -0.203. The largest absolute Gasteiger partial charge is 0.465 e.